The summed E-state index contributed by atoms with van der Waals surface area (Å²) >= 11 is 0. The number of benzene rings is 3. The Kier molecular flexibility index (Phi) is 5.34. The molecule has 5 rings (SSSR count). The minimum atomic E-state index is -0.778. The Morgan fingerprint density at radius 3 is 2.24 bits per heavy atom. The van der Waals surface area contributed by atoms with E-state index in [1.807, 2.05) is 79.7 Å². The average Bonchev–Trinajstić information content (AvgIpc) is 3.14. The zero-order valence-electron chi connectivity index (χ0n) is 18.8. The molecule has 1 N–H and O–H groups in total. The molecule has 1 unspecified atom stereocenters. The molecule has 0 radical (unpaired) electrons. The second-order valence-corrected chi connectivity index (χ2v) is 8.42. The largest absolute Gasteiger partial charge is 0.507 e. The molecule has 1 aromatic heterocycles. The van der Waals surface area contributed by atoms with Crippen LogP contribution in [0.1, 0.15) is 17.2 Å². The first-order valence-electron chi connectivity index (χ1n) is 10.9. The van der Waals surface area contributed by atoms with E-state index in [1.165, 1.54) is 4.90 Å². The Hall–Kier alpha value is -4.45. The number of rotatable bonds is 4. The lowest BCUT2D eigenvalue weighted by Gasteiger charge is -2.26. The minimum Gasteiger partial charge on any atom is -0.507 e. The summed E-state index contributed by atoms with van der Waals surface area (Å²) in [5.74, 6) is -1.59. The molecule has 4 aromatic rings. The summed E-state index contributed by atoms with van der Waals surface area (Å²) in [7, 11) is 3.86. The maximum absolute atomic E-state index is 13.3. The van der Waals surface area contributed by atoms with E-state index >= 15 is 0 Å². The van der Waals surface area contributed by atoms with E-state index in [4.69, 9.17) is 0 Å². The fraction of sp³-hybridized carbons (Fsp3) is 0.107. The number of fused-ring (bicyclic) bond motifs is 1. The molecule has 168 valence electrons. The van der Waals surface area contributed by atoms with Crippen molar-refractivity contribution in [1.29, 1.82) is 0 Å². The van der Waals surface area contributed by atoms with Crippen LogP contribution in [0, 0.1) is 0 Å². The third-order valence-electron chi connectivity index (χ3n) is 6.13. The van der Waals surface area contributed by atoms with Crippen LogP contribution in [0.5, 0.6) is 0 Å². The number of hydrogen-bond donors (Lipinski definition) is 1. The van der Waals surface area contributed by atoms with E-state index < -0.39 is 17.7 Å². The molecule has 0 spiro atoms. The average molecular weight is 450 g/mol. The zero-order chi connectivity index (χ0) is 23.8. The molecule has 1 saturated heterocycles. The predicted molar refractivity (Wildman–Crippen MR) is 134 cm³/mol. The van der Waals surface area contributed by atoms with E-state index in [2.05, 4.69) is 4.98 Å². The van der Waals surface area contributed by atoms with Crippen LogP contribution in [0.25, 0.3) is 16.5 Å². The summed E-state index contributed by atoms with van der Waals surface area (Å²) in [5.41, 5.74) is 2.78. The van der Waals surface area contributed by atoms with Gasteiger partial charge >= 0.3 is 0 Å². The van der Waals surface area contributed by atoms with Crippen molar-refractivity contribution in [3.63, 3.8) is 0 Å². The normalized spacial score (nSPS) is 17.4. The van der Waals surface area contributed by atoms with Crippen molar-refractivity contribution in [3.8, 4) is 0 Å². The summed E-state index contributed by atoms with van der Waals surface area (Å²) in [6.07, 6.45) is 3.22. The van der Waals surface area contributed by atoms with Crippen LogP contribution in [0.3, 0.4) is 0 Å². The lowest BCUT2D eigenvalue weighted by Crippen LogP contribution is -2.29. The van der Waals surface area contributed by atoms with Crippen molar-refractivity contribution in [1.82, 2.24) is 4.98 Å². The highest BCUT2D eigenvalue weighted by Gasteiger charge is 2.47. The number of pyridine rings is 1. The van der Waals surface area contributed by atoms with Crippen molar-refractivity contribution in [2.45, 2.75) is 6.04 Å². The van der Waals surface area contributed by atoms with Gasteiger partial charge in [0, 0.05) is 43.4 Å². The van der Waals surface area contributed by atoms with Crippen LogP contribution in [-0.4, -0.2) is 35.9 Å². The van der Waals surface area contributed by atoms with Gasteiger partial charge in [0.25, 0.3) is 11.7 Å². The molecule has 1 aliphatic rings. The first-order chi connectivity index (χ1) is 16.5. The predicted octanol–water partition coefficient (Wildman–Crippen LogP) is 4.93. The minimum absolute atomic E-state index is 0.0585. The van der Waals surface area contributed by atoms with Crippen molar-refractivity contribution < 1.29 is 14.7 Å². The Balaban J connectivity index is 1.69. The van der Waals surface area contributed by atoms with Gasteiger partial charge in [-0.05, 0) is 58.8 Å². The first-order valence-corrected chi connectivity index (χ1v) is 10.9. The van der Waals surface area contributed by atoms with Gasteiger partial charge in [-0.3, -0.25) is 19.5 Å². The summed E-state index contributed by atoms with van der Waals surface area (Å²) in [6.45, 7) is 0. The van der Waals surface area contributed by atoms with E-state index in [9.17, 15) is 14.7 Å². The molecule has 1 fully saturated rings. The molecule has 2 heterocycles. The molecule has 0 saturated carbocycles. The second-order valence-electron chi connectivity index (χ2n) is 8.42. The summed E-state index contributed by atoms with van der Waals surface area (Å²) < 4.78 is 0. The Morgan fingerprint density at radius 2 is 1.56 bits per heavy atom. The van der Waals surface area contributed by atoms with Crippen molar-refractivity contribution in [2.24, 2.45) is 0 Å². The van der Waals surface area contributed by atoms with Crippen molar-refractivity contribution >= 4 is 39.6 Å². The van der Waals surface area contributed by atoms with Gasteiger partial charge in [0.2, 0.25) is 0 Å². The van der Waals surface area contributed by atoms with Gasteiger partial charge in [-0.25, -0.2) is 0 Å². The number of aliphatic hydroxyl groups excluding tert-OH is 1. The highest BCUT2D eigenvalue weighted by atomic mass is 16.3. The van der Waals surface area contributed by atoms with Crippen LogP contribution < -0.4 is 9.80 Å². The number of anilines is 2. The molecular weight excluding hydrogens is 426 g/mol. The fourth-order valence-corrected chi connectivity index (χ4v) is 4.36. The first kappa shape index (κ1) is 21.4. The van der Waals surface area contributed by atoms with Crippen LogP contribution in [-0.2, 0) is 9.59 Å². The highest BCUT2D eigenvalue weighted by Crippen LogP contribution is 2.42. The lowest BCUT2D eigenvalue weighted by molar-refractivity contribution is -0.132. The number of Topliss-reactive ketones (excluding diaryl/α,β-unsaturated/α-hetero) is 1. The fourth-order valence-electron chi connectivity index (χ4n) is 4.36. The van der Waals surface area contributed by atoms with Gasteiger partial charge in [-0.2, -0.15) is 0 Å². The van der Waals surface area contributed by atoms with E-state index in [1.54, 1.807) is 30.6 Å². The van der Waals surface area contributed by atoms with Gasteiger partial charge in [0.15, 0.2) is 0 Å². The molecule has 1 amide bonds. The molecule has 34 heavy (non-hydrogen) atoms. The highest BCUT2D eigenvalue weighted by molar-refractivity contribution is 6.51. The second kappa shape index (κ2) is 8.48. The maximum atomic E-state index is 13.3. The monoisotopic (exact) mass is 449 g/mol. The number of aliphatic hydroxyl groups is 1. The van der Waals surface area contributed by atoms with Crippen LogP contribution in [0.2, 0.25) is 0 Å². The molecular formula is C28H23N3O3. The van der Waals surface area contributed by atoms with Crippen LogP contribution >= 0.6 is 0 Å². The Labute approximate surface area is 197 Å². The van der Waals surface area contributed by atoms with Crippen LogP contribution in [0.15, 0.2) is 96.8 Å². The molecule has 6 nitrogen and oxygen atoms in total. The summed E-state index contributed by atoms with van der Waals surface area (Å²) in [4.78, 5) is 34.0. The topological polar surface area (TPSA) is 73.7 Å². The standard InChI is InChI=1S/C28H23N3O3/c1-30(2)22-9-11-23(12-10-22)31-25(19-13-15-29-16-14-19)24(27(33)28(31)34)26(32)21-8-7-18-5-3-4-6-20(18)17-21/h3-17,25,32H,1-2H3/b26-24-. The SMILES string of the molecule is CN(C)c1ccc(N2C(=O)C(=O)/C(=C(\O)c3ccc4ccccc4c3)C2c2ccncc2)cc1. The number of ketones is 1. The van der Waals surface area contributed by atoms with Crippen LogP contribution in [0.4, 0.5) is 11.4 Å². The van der Waals surface area contributed by atoms with E-state index in [0.29, 0.717) is 16.8 Å². The van der Waals surface area contributed by atoms with E-state index in [0.717, 1.165) is 16.5 Å². The summed E-state index contributed by atoms with van der Waals surface area (Å²) in [6, 6.07) is 23.4. The number of amides is 1. The van der Waals surface area contributed by atoms with Gasteiger partial charge in [-0.1, -0.05) is 36.4 Å². The smallest absolute Gasteiger partial charge is 0.300 e. The van der Waals surface area contributed by atoms with Gasteiger partial charge in [0.1, 0.15) is 5.76 Å². The van der Waals surface area contributed by atoms with Gasteiger partial charge in [-0.15, -0.1) is 0 Å². The molecule has 1 atom stereocenters. The molecule has 0 bridgehead atoms. The summed E-state index contributed by atoms with van der Waals surface area (Å²) in [5, 5.41) is 13.3. The number of aromatic nitrogens is 1. The third kappa shape index (κ3) is 3.59. The van der Waals surface area contributed by atoms with Crippen molar-refractivity contribution in [3.05, 3.63) is 108 Å². The van der Waals surface area contributed by atoms with Crippen molar-refractivity contribution in [2.75, 3.05) is 23.9 Å². The number of carbonyl (C=O) groups excluding carboxylic acids is 2. The molecule has 0 aliphatic carbocycles. The number of hydrogen-bond acceptors (Lipinski definition) is 5. The number of nitrogens with zero attached hydrogens (tertiary/aromatic N) is 3. The lowest BCUT2D eigenvalue weighted by atomic mass is 9.95. The number of carbonyl (C=O) groups is 2. The quantitative estimate of drug-likeness (QED) is 0.272. The van der Waals surface area contributed by atoms with Gasteiger partial charge in [0.05, 0.1) is 11.6 Å². The Bertz CT molecular complexity index is 1430. The van der Waals surface area contributed by atoms with Gasteiger partial charge < -0.3 is 10.0 Å². The molecule has 6 heteroatoms. The maximum Gasteiger partial charge on any atom is 0.300 e. The molecule has 3 aromatic carbocycles. The third-order valence-corrected chi connectivity index (χ3v) is 6.13. The molecule has 1 aliphatic heterocycles. The van der Waals surface area contributed by atoms with E-state index in [-0.39, 0.29) is 11.3 Å². The zero-order valence-corrected chi connectivity index (χ0v) is 18.8. The Morgan fingerprint density at radius 1 is 0.882 bits per heavy atom.